The predicted molar refractivity (Wildman–Crippen MR) is 247 cm³/mol. The molecule has 0 saturated heterocycles. The van der Waals surface area contributed by atoms with E-state index in [1.54, 1.807) is 0 Å². The number of nitrogens with zero attached hydrogens (tertiary/aromatic N) is 1. The highest BCUT2D eigenvalue weighted by atomic mass is 16.3. The van der Waals surface area contributed by atoms with Crippen LogP contribution in [-0.2, 0) is 0 Å². The zero-order chi connectivity index (χ0) is 38.9. The zero-order valence-corrected chi connectivity index (χ0v) is 32.0. The van der Waals surface area contributed by atoms with Gasteiger partial charge in [-0.2, -0.15) is 0 Å². The highest BCUT2D eigenvalue weighted by Gasteiger charge is 2.19. The summed E-state index contributed by atoms with van der Waals surface area (Å²) in [5.74, 6) is 0. The fourth-order valence-corrected chi connectivity index (χ4v) is 9.05. The lowest BCUT2D eigenvalue weighted by Crippen LogP contribution is -2.09. The molecule has 276 valence electrons. The first kappa shape index (κ1) is 33.3. The Kier molecular flexibility index (Phi) is 7.54. The molecule has 0 aliphatic rings. The number of benzene rings is 10. The highest BCUT2D eigenvalue weighted by molar-refractivity contribution is 6.23. The Morgan fingerprint density at radius 2 is 0.831 bits per heavy atom. The fraction of sp³-hybridized carbons (Fsp3) is 0. The van der Waals surface area contributed by atoms with E-state index in [1.807, 2.05) is 18.2 Å². The molecule has 0 bridgehead atoms. The molecule has 12 aromatic rings. The van der Waals surface area contributed by atoms with Crippen LogP contribution in [0.5, 0.6) is 0 Å². The Bertz CT molecular complexity index is 3520. The van der Waals surface area contributed by atoms with Gasteiger partial charge in [0.2, 0.25) is 0 Å². The molecule has 0 amide bonds. The average Bonchev–Trinajstić information content (AvgIpc) is 3.89. The van der Waals surface area contributed by atoms with Crippen LogP contribution >= 0.6 is 0 Å². The maximum Gasteiger partial charge on any atom is 0.147 e. The van der Waals surface area contributed by atoms with E-state index in [-0.39, 0.29) is 0 Å². The SMILES string of the molecule is c1ccc(-c2ccc(N(c3ccc(-c4cc5ccccc5c5ccccc45)cc3)c3ccc(-c4cccc5c4oc4c5ccc5oc6ccccc6c54)cc3)cc2)cc1. The summed E-state index contributed by atoms with van der Waals surface area (Å²) in [6.45, 7) is 0. The Labute approximate surface area is 340 Å². The lowest BCUT2D eigenvalue weighted by Gasteiger charge is -2.26. The fourth-order valence-electron chi connectivity index (χ4n) is 9.05. The summed E-state index contributed by atoms with van der Waals surface area (Å²) in [4.78, 5) is 2.34. The van der Waals surface area contributed by atoms with Crippen LogP contribution in [0, 0.1) is 0 Å². The van der Waals surface area contributed by atoms with Crippen LogP contribution in [0.25, 0.3) is 98.8 Å². The molecular formula is C56H35NO2. The summed E-state index contributed by atoms with van der Waals surface area (Å²) in [7, 11) is 0. The molecule has 0 saturated carbocycles. The largest absolute Gasteiger partial charge is 0.456 e. The third kappa shape index (κ3) is 5.44. The maximum absolute atomic E-state index is 6.81. The number of furan rings is 2. The van der Waals surface area contributed by atoms with E-state index in [2.05, 4.69) is 199 Å². The lowest BCUT2D eigenvalue weighted by atomic mass is 9.93. The Morgan fingerprint density at radius 3 is 1.56 bits per heavy atom. The summed E-state index contributed by atoms with van der Waals surface area (Å²) in [6.07, 6.45) is 0. The van der Waals surface area contributed by atoms with Crippen molar-refractivity contribution in [2.45, 2.75) is 0 Å². The Balaban J connectivity index is 0.962. The molecule has 0 radical (unpaired) electrons. The molecule has 12 rings (SSSR count). The number of hydrogen-bond donors (Lipinski definition) is 0. The summed E-state index contributed by atoms with van der Waals surface area (Å²) >= 11 is 0. The highest BCUT2D eigenvalue weighted by Crippen LogP contribution is 2.44. The van der Waals surface area contributed by atoms with Gasteiger partial charge in [0.05, 0.1) is 5.39 Å². The molecule has 3 nitrogen and oxygen atoms in total. The first-order chi connectivity index (χ1) is 29.2. The molecule has 2 heterocycles. The monoisotopic (exact) mass is 753 g/mol. The van der Waals surface area contributed by atoms with Gasteiger partial charge < -0.3 is 13.7 Å². The topological polar surface area (TPSA) is 29.5 Å². The summed E-state index contributed by atoms with van der Waals surface area (Å²) in [5.41, 5.74) is 13.6. The van der Waals surface area contributed by atoms with E-state index in [1.165, 1.54) is 43.8 Å². The molecule has 0 spiro atoms. The van der Waals surface area contributed by atoms with Crippen molar-refractivity contribution in [1.29, 1.82) is 0 Å². The van der Waals surface area contributed by atoms with Crippen LogP contribution in [0.1, 0.15) is 0 Å². The van der Waals surface area contributed by atoms with Crippen LogP contribution < -0.4 is 4.90 Å². The van der Waals surface area contributed by atoms with Gasteiger partial charge in [-0.3, -0.25) is 0 Å². The van der Waals surface area contributed by atoms with Crippen LogP contribution in [-0.4, -0.2) is 0 Å². The second-order valence-electron chi connectivity index (χ2n) is 15.2. The van der Waals surface area contributed by atoms with Gasteiger partial charge in [0, 0.05) is 38.8 Å². The minimum Gasteiger partial charge on any atom is -0.456 e. The number of para-hydroxylation sites is 2. The molecular weight excluding hydrogens is 719 g/mol. The van der Waals surface area contributed by atoms with Crippen LogP contribution in [0.3, 0.4) is 0 Å². The van der Waals surface area contributed by atoms with Crippen molar-refractivity contribution in [3.05, 3.63) is 212 Å². The second kappa shape index (κ2) is 13.4. The predicted octanol–water partition coefficient (Wildman–Crippen LogP) is 16.3. The van der Waals surface area contributed by atoms with E-state index < -0.39 is 0 Å². The summed E-state index contributed by atoms with van der Waals surface area (Å²) in [5, 5.41) is 9.30. The Morgan fingerprint density at radius 1 is 0.288 bits per heavy atom. The van der Waals surface area contributed by atoms with E-state index in [0.717, 1.165) is 72.1 Å². The van der Waals surface area contributed by atoms with Gasteiger partial charge in [0.15, 0.2) is 0 Å². The molecule has 0 N–H and O–H groups in total. The van der Waals surface area contributed by atoms with Gasteiger partial charge in [0.25, 0.3) is 0 Å². The molecule has 0 atom stereocenters. The van der Waals surface area contributed by atoms with Crippen molar-refractivity contribution in [2.75, 3.05) is 4.90 Å². The standard InChI is InChI=1S/C56H35NO2/c1-2-11-36(12-3-1)37-21-27-41(28-22-37)57(43-31-25-39(26-32-43)51-35-40-13-4-5-14-44(40)46-15-6-7-16-47(46)51)42-29-23-38(24-30-42)45-18-10-19-48-49-33-34-53-54(56(49)59-55(45)48)50-17-8-9-20-52(50)58-53/h1-35H. The van der Waals surface area contributed by atoms with E-state index in [4.69, 9.17) is 8.83 Å². The van der Waals surface area contributed by atoms with Crippen LogP contribution in [0.4, 0.5) is 17.1 Å². The first-order valence-electron chi connectivity index (χ1n) is 20.1. The average molecular weight is 754 g/mol. The normalized spacial score (nSPS) is 11.7. The minimum atomic E-state index is 0.833. The molecule has 10 aromatic carbocycles. The van der Waals surface area contributed by atoms with Gasteiger partial charge in [-0.25, -0.2) is 0 Å². The van der Waals surface area contributed by atoms with Crippen molar-refractivity contribution in [1.82, 2.24) is 0 Å². The first-order valence-corrected chi connectivity index (χ1v) is 20.1. The van der Waals surface area contributed by atoms with Gasteiger partial charge in [-0.15, -0.1) is 0 Å². The van der Waals surface area contributed by atoms with Crippen molar-refractivity contribution in [2.24, 2.45) is 0 Å². The lowest BCUT2D eigenvalue weighted by molar-refractivity contribution is 0.663. The molecule has 59 heavy (non-hydrogen) atoms. The van der Waals surface area contributed by atoms with Crippen molar-refractivity contribution in [3.63, 3.8) is 0 Å². The zero-order valence-electron chi connectivity index (χ0n) is 32.0. The van der Waals surface area contributed by atoms with Crippen LogP contribution in [0.15, 0.2) is 221 Å². The summed E-state index contributed by atoms with van der Waals surface area (Å²) < 4.78 is 13.0. The van der Waals surface area contributed by atoms with Crippen molar-refractivity contribution in [3.8, 4) is 33.4 Å². The smallest absolute Gasteiger partial charge is 0.147 e. The molecule has 0 aliphatic heterocycles. The van der Waals surface area contributed by atoms with Gasteiger partial charge in [-0.1, -0.05) is 152 Å². The van der Waals surface area contributed by atoms with Gasteiger partial charge in [0.1, 0.15) is 22.3 Å². The second-order valence-corrected chi connectivity index (χ2v) is 15.2. The maximum atomic E-state index is 6.81. The quantitative estimate of drug-likeness (QED) is 0.158. The molecule has 0 unspecified atom stereocenters. The number of hydrogen-bond acceptors (Lipinski definition) is 3. The third-order valence-corrected chi connectivity index (χ3v) is 11.9. The van der Waals surface area contributed by atoms with E-state index in [0.29, 0.717) is 0 Å². The van der Waals surface area contributed by atoms with Crippen molar-refractivity contribution < 1.29 is 8.83 Å². The van der Waals surface area contributed by atoms with Gasteiger partial charge in [-0.05, 0) is 110 Å². The Hall–Kier alpha value is -7.88. The van der Waals surface area contributed by atoms with E-state index >= 15 is 0 Å². The minimum absolute atomic E-state index is 0.833. The van der Waals surface area contributed by atoms with Gasteiger partial charge >= 0.3 is 0 Å². The molecule has 0 aliphatic carbocycles. The third-order valence-electron chi connectivity index (χ3n) is 11.9. The molecule has 3 heteroatoms. The number of fused-ring (bicyclic) bond motifs is 10. The van der Waals surface area contributed by atoms with Crippen LogP contribution in [0.2, 0.25) is 0 Å². The van der Waals surface area contributed by atoms with E-state index in [9.17, 15) is 0 Å². The van der Waals surface area contributed by atoms with Crippen molar-refractivity contribution >= 4 is 82.5 Å². The molecule has 2 aromatic heterocycles. The number of rotatable bonds is 6. The number of anilines is 3. The molecule has 0 fully saturated rings. The summed E-state index contributed by atoms with van der Waals surface area (Å²) in [6, 6.07) is 75.8.